The molecule has 3 rings (SSSR count). The largest absolute Gasteiger partial charge is 0.497 e. The predicted molar refractivity (Wildman–Crippen MR) is 84.7 cm³/mol. The fourth-order valence-corrected chi connectivity index (χ4v) is 2.80. The highest BCUT2D eigenvalue weighted by Crippen LogP contribution is 2.27. The van der Waals surface area contributed by atoms with Crippen LogP contribution in [0.15, 0.2) is 48.5 Å². The van der Waals surface area contributed by atoms with Crippen LogP contribution in [0, 0.1) is 6.92 Å². The van der Waals surface area contributed by atoms with Crippen molar-refractivity contribution in [3.05, 3.63) is 59.9 Å². The second-order valence-electron chi connectivity index (χ2n) is 5.05. The summed E-state index contributed by atoms with van der Waals surface area (Å²) in [5, 5.41) is 0. The molecular weight excluding hydrogens is 262 g/mol. The van der Waals surface area contributed by atoms with Crippen molar-refractivity contribution in [1.29, 1.82) is 0 Å². The van der Waals surface area contributed by atoms with Gasteiger partial charge in [-0.15, -0.1) is 0 Å². The average Bonchev–Trinajstić information content (AvgIpc) is 2.85. The molecule has 1 heterocycles. The monoisotopic (exact) mass is 281 g/mol. The molecule has 0 saturated carbocycles. The Morgan fingerprint density at radius 2 is 2.00 bits per heavy atom. The fourth-order valence-electron chi connectivity index (χ4n) is 2.80. The zero-order valence-corrected chi connectivity index (χ0v) is 12.3. The van der Waals surface area contributed by atoms with Gasteiger partial charge in [-0.05, 0) is 36.8 Å². The number of imidazole rings is 1. The lowest BCUT2D eigenvalue weighted by atomic mass is 10.1. The highest BCUT2D eigenvalue weighted by Gasteiger charge is 2.18. The number of para-hydroxylation sites is 2. The Kier molecular flexibility index (Phi) is 3.62. The van der Waals surface area contributed by atoms with Crippen molar-refractivity contribution in [2.75, 3.05) is 13.7 Å². The number of hydrogen-bond acceptors (Lipinski definition) is 3. The molecule has 4 heteroatoms. The lowest BCUT2D eigenvalue weighted by molar-refractivity contribution is 0.413. The zero-order valence-electron chi connectivity index (χ0n) is 12.3. The number of aromatic nitrogens is 2. The summed E-state index contributed by atoms with van der Waals surface area (Å²) in [5.74, 6) is 1.81. The molecule has 4 nitrogen and oxygen atoms in total. The van der Waals surface area contributed by atoms with Gasteiger partial charge < -0.3 is 15.0 Å². The molecule has 2 N–H and O–H groups in total. The van der Waals surface area contributed by atoms with Gasteiger partial charge in [-0.3, -0.25) is 0 Å². The Hall–Kier alpha value is -2.33. The maximum absolute atomic E-state index is 6.06. The number of ether oxygens (including phenoxy) is 1. The molecule has 108 valence electrons. The summed E-state index contributed by atoms with van der Waals surface area (Å²) in [6, 6.07) is 16.2. The highest BCUT2D eigenvalue weighted by atomic mass is 16.5. The second-order valence-corrected chi connectivity index (χ2v) is 5.05. The fraction of sp³-hybridized carbons (Fsp3) is 0.235. The van der Waals surface area contributed by atoms with Gasteiger partial charge in [0.2, 0.25) is 0 Å². The molecule has 1 aromatic heterocycles. The maximum atomic E-state index is 6.06. The number of benzene rings is 2. The molecule has 0 amide bonds. The molecule has 2 aromatic carbocycles. The van der Waals surface area contributed by atoms with Crippen molar-refractivity contribution >= 4 is 11.0 Å². The Labute approximate surface area is 124 Å². The van der Waals surface area contributed by atoms with E-state index in [-0.39, 0.29) is 6.04 Å². The third-order valence-electron chi connectivity index (χ3n) is 3.79. The van der Waals surface area contributed by atoms with E-state index in [1.807, 2.05) is 43.3 Å². The Bertz CT molecular complexity index is 764. The highest BCUT2D eigenvalue weighted by molar-refractivity contribution is 5.76. The SMILES string of the molecule is COc1cccc(C(CN)n2c(C)nc3ccccc32)c1. The van der Waals surface area contributed by atoms with E-state index >= 15 is 0 Å². The number of fused-ring (bicyclic) bond motifs is 1. The number of rotatable bonds is 4. The molecule has 0 aliphatic heterocycles. The van der Waals surface area contributed by atoms with Gasteiger partial charge >= 0.3 is 0 Å². The van der Waals surface area contributed by atoms with Crippen molar-refractivity contribution < 1.29 is 4.74 Å². The molecule has 0 bridgehead atoms. The third kappa shape index (κ3) is 2.38. The van der Waals surface area contributed by atoms with Gasteiger partial charge in [-0.25, -0.2) is 4.98 Å². The van der Waals surface area contributed by atoms with E-state index in [0.717, 1.165) is 28.2 Å². The first kappa shape index (κ1) is 13.6. The molecule has 0 aliphatic carbocycles. The van der Waals surface area contributed by atoms with Crippen LogP contribution in [0.4, 0.5) is 0 Å². The summed E-state index contributed by atoms with van der Waals surface area (Å²) in [6.07, 6.45) is 0. The summed E-state index contributed by atoms with van der Waals surface area (Å²) in [4.78, 5) is 4.63. The molecule has 0 fully saturated rings. The molecule has 21 heavy (non-hydrogen) atoms. The van der Waals surface area contributed by atoms with Crippen molar-refractivity contribution in [2.24, 2.45) is 5.73 Å². The third-order valence-corrected chi connectivity index (χ3v) is 3.79. The van der Waals surface area contributed by atoms with E-state index in [0.29, 0.717) is 6.54 Å². The van der Waals surface area contributed by atoms with Crippen LogP contribution in [0.2, 0.25) is 0 Å². The Morgan fingerprint density at radius 1 is 1.19 bits per heavy atom. The van der Waals surface area contributed by atoms with E-state index in [1.165, 1.54) is 0 Å². The van der Waals surface area contributed by atoms with E-state index < -0.39 is 0 Å². The quantitative estimate of drug-likeness (QED) is 0.800. The summed E-state index contributed by atoms with van der Waals surface area (Å²) >= 11 is 0. The second kappa shape index (κ2) is 5.58. The molecule has 0 saturated heterocycles. The molecular formula is C17H19N3O. The van der Waals surface area contributed by atoms with Crippen LogP contribution in [0.5, 0.6) is 5.75 Å². The van der Waals surface area contributed by atoms with Crippen LogP contribution in [-0.2, 0) is 0 Å². The molecule has 0 aliphatic rings. The number of methoxy groups -OCH3 is 1. The van der Waals surface area contributed by atoms with Crippen LogP contribution >= 0.6 is 0 Å². The number of nitrogens with two attached hydrogens (primary N) is 1. The lowest BCUT2D eigenvalue weighted by Gasteiger charge is -2.20. The maximum Gasteiger partial charge on any atom is 0.119 e. The van der Waals surface area contributed by atoms with E-state index in [2.05, 4.69) is 21.7 Å². The topological polar surface area (TPSA) is 53.1 Å². The summed E-state index contributed by atoms with van der Waals surface area (Å²) in [5.41, 5.74) is 9.29. The Balaban J connectivity index is 2.15. The van der Waals surface area contributed by atoms with Crippen molar-refractivity contribution in [1.82, 2.24) is 9.55 Å². The van der Waals surface area contributed by atoms with Crippen molar-refractivity contribution in [3.8, 4) is 5.75 Å². The van der Waals surface area contributed by atoms with Crippen LogP contribution in [-0.4, -0.2) is 23.2 Å². The van der Waals surface area contributed by atoms with Gasteiger partial charge in [0.25, 0.3) is 0 Å². The van der Waals surface area contributed by atoms with Crippen molar-refractivity contribution in [3.63, 3.8) is 0 Å². The summed E-state index contributed by atoms with van der Waals surface area (Å²) in [6.45, 7) is 2.52. The predicted octanol–water partition coefficient (Wildman–Crippen LogP) is 2.90. The van der Waals surface area contributed by atoms with Crippen LogP contribution in [0.1, 0.15) is 17.4 Å². The first-order valence-corrected chi connectivity index (χ1v) is 7.02. The number of aryl methyl sites for hydroxylation is 1. The van der Waals surface area contributed by atoms with Crippen LogP contribution < -0.4 is 10.5 Å². The molecule has 1 unspecified atom stereocenters. The van der Waals surface area contributed by atoms with E-state index in [9.17, 15) is 0 Å². The Morgan fingerprint density at radius 3 is 2.76 bits per heavy atom. The van der Waals surface area contributed by atoms with Crippen LogP contribution in [0.3, 0.4) is 0 Å². The molecule has 1 atom stereocenters. The van der Waals surface area contributed by atoms with Crippen LogP contribution in [0.25, 0.3) is 11.0 Å². The molecule has 3 aromatic rings. The lowest BCUT2D eigenvalue weighted by Crippen LogP contribution is -2.21. The van der Waals surface area contributed by atoms with E-state index in [4.69, 9.17) is 10.5 Å². The van der Waals surface area contributed by atoms with Gasteiger partial charge in [-0.2, -0.15) is 0 Å². The minimum absolute atomic E-state index is 0.0486. The summed E-state index contributed by atoms with van der Waals surface area (Å²) in [7, 11) is 1.68. The summed E-state index contributed by atoms with van der Waals surface area (Å²) < 4.78 is 7.52. The normalized spacial score (nSPS) is 12.5. The minimum Gasteiger partial charge on any atom is -0.497 e. The standard InChI is InChI=1S/C17H19N3O/c1-12-19-15-8-3-4-9-16(15)20(12)17(11-18)13-6-5-7-14(10-13)21-2/h3-10,17H,11,18H2,1-2H3. The van der Waals surface area contributed by atoms with E-state index in [1.54, 1.807) is 7.11 Å². The van der Waals surface area contributed by atoms with Gasteiger partial charge in [0.05, 0.1) is 24.2 Å². The van der Waals surface area contributed by atoms with Gasteiger partial charge in [0.15, 0.2) is 0 Å². The zero-order chi connectivity index (χ0) is 14.8. The number of hydrogen-bond donors (Lipinski definition) is 1. The average molecular weight is 281 g/mol. The minimum atomic E-state index is 0.0486. The smallest absolute Gasteiger partial charge is 0.119 e. The molecule has 0 radical (unpaired) electrons. The first-order valence-electron chi connectivity index (χ1n) is 7.02. The number of nitrogens with zero attached hydrogens (tertiary/aromatic N) is 2. The van der Waals surface area contributed by atoms with Gasteiger partial charge in [-0.1, -0.05) is 24.3 Å². The van der Waals surface area contributed by atoms with Gasteiger partial charge in [0, 0.05) is 6.54 Å². The van der Waals surface area contributed by atoms with Gasteiger partial charge in [0.1, 0.15) is 11.6 Å². The van der Waals surface area contributed by atoms with Crippen molar-refractivity contribution in [2.45, 2.75) is 13.0 Å². The molecule has 0 spiro atoms. The first-order chi connectivity index (χ1) is 10.2.